The zero-order chi connectivity index (χ0) is 28.3. The third-order valence-electron chi connectivity index (χ3n) is 7.30. The molecule has 0 bridgehead atoms. The van der Waals surface area contributed by atoms with E-state index < -0.39 is 6.04 Å². The van der Waals surface area contributed by atoms with Crippen LogP contribution in [0.5, 0.6) is 5.75 Å². The van der Waals surface area contributed by atoms with Crippen LogP contribution < -0.4 is 10.3 Å². The smallest absolute Gasteiger partial charge is 0.253 e. The number of methoxy groups -OCH3 is 1. The zero-order valence-corrected chi connectivity index (χ0v) is 23.1. The molecule has 2 aromatic carbocycles. The number of fused-ring (bicyclic) bond motifs is 1. The van der Waals surface area contributed by atoms with Gasteiger partial charge in [-0.25, -0.2) is 4.68 Å². The SMILES string of the molecule is COc1cccc(CN(Cc2ccco2)C(c2cc3cc(C)c(C)cc3[nH]c2=O)c2nnnn2Cc2ccco2)c1. The molecule has 6 rings (SSSR count). The minimum absolute atomic E-state index is 0.214. The van der Waals surface area contributed by atoms with Gasteiger partial charge in [-0.05, 0) is 101 Å². The lowest BCUT2D eigenvalue weighted by Gasteiger charge is -2.30. The lowest BCUT2D eigenvalue weighted by Crippen LogP contribution is -2.34. The summed E-state index contributed by atoms with van der Waals surface area (Å²) in [5, 5.41) is 13.7. The maximum absolute atomic E-state index is 13.8. The summed E-state index contributed by atoms with van der Waals surface area (Å²) in [4.78, 5) is 19.1. The van der Waals surface area contributed by atoms with Crippen LogP contribution in [-0.2, 0) is 19.6 Å². The van der Waals surface area contributed by atoms with Gasteiger partial charge in [0.15, 0.2) is 5.82 Å². The molecule has 0 radical (unpaired) electrons. The van der Waals surface area contributed by atoms with E-state index in [-0.39, 0.29) is 5.56 Å². The van der Waals surface area contributed by atoms with Crippen molar-refractivity contribution in [3.8, 4) is 5.75 Å². The Balaban J connectivity index is 1.53. The Labute approximate surface area is 236 Å². The molecule has 10 heteroatoms. The van der Waals surface area contributed by atoms with Crippen molar-refractivity contribution in [1.82, 2.24) is 30.1 Å². The third-order valence-corrected chi connectivity index (χ3v) is 7.30. The number of pyridine rings is 1. The predicted molar refractivity (Wildman–Crippen MR) is 152 cm³/mol. The van der Waals surface area contributed by atoms with Crippen LogP contribution in [0.15, 0.2) is 92.9 Å². The fraction of sp³-hybridized carbons (Fsp3) is 0.226. The molecule has 4 aromatic heterocycles. The first-order valence-corrected chi connectivity index (χ1v) is 13.3. The van der Waals surface area contributed by atoms with Gasteiger partial charge in [-0.1, -0.05) is 12.1 Å². The Morgan fingerprint density at radius 3 is 2.49 bits per heavy atom. The zero-order valence-electron chi connectivity index (χ0n) is 23.1. The highest BCUT2D eigenvalue weighted by Gasteiger charge is 2.32. The molecule has 0 spiro atoms. The fourth-order valence-corrected chi connectivity index (χ4v) is 5.11. The van der Waals surface area contributed by atoms with Crippen LogP contribution in [0.2, 0.25) is 0 Å². The summed E-state index contributed by atoms with van der Waals surface area (Å²) in [7, 11) is 1.64. The van der Waals surface area contributed by atoms with Gasteiger partial charge in [-0.3, -0.25) is 9.69 Å². The van der Waals surface area contributed by atoms with Crippen molar-refractivity contribution in [3.63, 3.8) is 0 Å². The lowest BCUT2D eigenvalue weighted by molar-refractivity contribution is 0.178. The molecule has 1 unspecified atom stereocenters. The summed E-state index contributed by atoms with van der Waals surface area (Å²) in [5.74, 6) is 2.69. The number of H-pyrrole nitrogens is 1. The average molecular weight is 551 g/mol. The van der Waals surface area contributed by atoms with Gasteiger partial charge in [-0.15, -0.1) is 5.10 Å². The first kappa shape index (κ1) is 26.3. The van der Waals surface area contributed by atoms with E-state index in [1.807, 2.05) is 67.6 Å². The number of hydrogen-bond donors (Lipinski definition) is 1. The van der Waals surface area contributed by atoms with Crippen LogP contribution in [0.25, 0.3) is 10.9 Å². The maximum Gasteiger partial charge on any atom is 0.253 e. The van der Waals surface area contributed by atoms with Gasteiger partial charge in [0.25, 0.3) is 5.56 Å². The predicted octanol–water partition coefficient (Wildman–Crippen LogP) is 5.17. The Kier molecular flexibility index (Phi) is 7.22. The van der Waals surface area contributed by atoms with Gasteiger partial charge >= 0.3 is 0 Å². The second-order valence-corrected chi connectivity index (χ2v) is 10.1. The quantitative estimate of drug-likeness (QED) is 0.249. The average Bonchev–Trinajstić information content (AvgIpc) is 3.75. The molecule has 10 nitrogen and oxygen atoms in total. The van der Waals surface area contributed by atoms with Crippen molar-refractivity contribution in [2.75, 3.05) is 7.11 Å². The molecule has 0 saturated heterocycles. The van der Waals surface area contributed by atoms with Crippen molar-refractivity contribution >= 4 is 10.9 Å². The molecule has 1 atom stereocenters. The number of tetrazole rings is 1. The van der Waals surface area contributed by atoms with E-state index in [0.29, 0.717) is 36.8 Å². The Bertz CT molecular complexity index is 1820. The van der Waals surface area contributed by atoms with Crippen LogP contribution in [0.3, 0.4) is 0 Å². The number of aromatic amines is 1. The number of nitrogens with zero attached hydrogens (tertiary/aromatic N) is 5. The molecule has 0 saturated carbocycles. The second kappa shape index (κ2) is 11.3. The second-order valence-electron chi connectivity index (χ2n) is 10.1. The van der Waals surface area contributed by atoms with Gasteiger partial charge in [0.05, 0.1) is 26.2 Å². The number of nitrogens with one attached hydrogen (secondary N) is 1. The van der Waals surface area contributed by atoms with E-state index in [1.165, 1.54) is 0 Å². The van der Waals surface area contributed by atoms with Crippen LogP contribution in [0.1, 0.15) is 45.6 Å². The molecule has 0 amide bonds. The Hall–Kier alpha value is -4.96. The number of aryl methyl sites for hydroxylation is 2. The molecular weight excluding hydrogens is 520 g/mol. The summed E-state index contributed by atoms with van der Waals surface area (Å²) in [6.45, 7) is 5.26. The first-order valence-electron chi connectivity index (χ1n) is 13.3. The van der Waals surface area contributed by atoms with Gasteiger partial charge in [0.1, 0.15) is 29.9 Å². The van der Waals surface area contributed by atoms with Gasteiger partial charge in [-0.2, -0.15) is 0 Å². The van der Waals surface area contributed by atoms with E-state index in [1.54, 1.807) is 24.3 Å². The Morgan fingerprint density at radius 2 is 1.73 bits per heavy atom. The first-order chi connectivity index (χ1) is 20.0. The van der Waals surface area contributed by atoms with Crippen LogP contribution in [-0.4, -0.2) is 37.2 Å². The highest BCUT2D eigenvalue weighted by Crippen LogP contribution is 2.31. The number of benzene rings is 2. The van der Waals surface area contributed by atoms with Crippen molar-refractivity contribution in [3.05, 3.63) is 129 Å². The summed E-state index contributed by atoms with van der Waals surface area (Å²) in [6.07, 6.45) is 3.25. The van der Waals surface area contributed by atoms with Crippen LogP contribution in [0.4, 0.5) is 0 Å². The molecule has 41 heavy (non-hydrogen) atoms. The normalized spacial score (nSPS) is 12.3. The fourth-order valence-electron chi connectivity index (χ4n) is 5.11. The van der Waals surface area contributed by atoms with Gasteiger partial charge in [0.2, 0.25) is 0 Å². The monoisotopic (exact) mass is 550 g/mol. The minimum atomic E-state index is -0.633. The van der Waals surface area contributed by atoms with E-state index in [2.05, 4.69) is 38.4 Å². The summed E-state index contributed by atoms with van der Waals surface area (Å²) in [5.41, 5.74) is 4.32. The van der Waals surface area contributed by atoms with Crippen molar-refractivity contribution in [2.24, 2.45) is 0 Å². The largest absolute Gasteiger partial charge is 0.497 e. The van der Waals surface area contributed by atoms with E-state index in [4.69, 9.17) is 13.6 Å². The number of hydrogen-bond acceptors (Lipinski definition) is 8. The molecule has 0 aliphatic heterocycles. The van der Waals surface area contributed by atoms with E-state index >= 15 is 0 Å². The van der Waals surface area contributed by atoms with Crippen LogP contribution >= 0.6 is 0 Å². The topological polar surface area (TPSA) is 115 Å². The highest BCUT2D eigenvalue weighted by molar-refractivity contribution is 5.81. The van der Waals surface area contributed by atoms with Crippen molar-refractivity contribution < 1.29 is 13.6 Å². The highest BCUT2D eigenvalue weighted by atomic mass is 16.5. The van der Waals surface area contributed by atoms with Crippen molar-refractivity contribution in [1.29, 1.82) is 0 Å². The third kappa shape index (κ3) is 5.55. The molecule has 6 aromatic rings. The molecule has 208 valence electrons. The number of ether oxygens (including phenoxy) is 1. The molecule has 0 aliphatic rings. The summed E-state index contributed by atoms with van der Waals surface area (Å²) in [6, 6.07) is 20.7. The minimum Gasteiger partial charge on any atom is -0.497 e. The molecule has 0 fully saturated rings. The molecular formula is C31H30N6O4. The van der Waals surface area contributed by atoms with E-state index in [9.17, 15) is 4.79 Å². The summed E-state index contributed by atoms with van der Waals surface area (Å²) < 4.78 is 18.5. The number of aromatic nitrogens is 5. The Morgan fingerprint density at radius 1 is 0.951 bits per heavy atom. The lowest BCUT2D eigenvalue weighted by atomic mass is 10.00. The maximum atomic E-state index is 13.8. The van der Waals surface area contributed by atoms with Crippen molar-refractivity contribution in [2.45, 2.75) is 39.5 Å². The molecule has 1 N–H and O–H groups in total. The van der Waals surface area contributed by atoms with Gasteiger partial charge in [0, 0.05) is 17.6 Å². The molecule has 4 heterocycles. The van der Waals surface area contributed by atoms with E-state index in [0.717, 1.165) is 39.1 Å². The molecule has 0 aliphatic carbocycles. The standard InChI is InChI=1S/C31H30N6O4/c1-20-13-23-16-27(31(38)32-28(23)14-21(20)2)29(30-33-34-35-37(30)19-26-10-6-12-41-26)36(18-25-9-5-11-40-25)17-22-7-4-8-24(15-22)39-3/h4-16,29H,17-19H2,1-3H3,(H,32,38). The number of furan rings is 2. The number of rotatable bonds is 10. The van der Waals surface area contributed by atoms with Gasteiger partial charge < -0.3 is 18.6 Å². The summed E-state index contributed by atoms with van der Waals surface area (Å²) >= 11 is 0. The van der Waals surface area contributed by atoms with Crippen LogP contribution in [0, 0.1) is 13.8 Å².